The summed E-state index contributed by atoms with van der Waals surface area (Å²) in [4.78, 5) is 0.289. The maximum absolute atomic E-state index is 13.4. The van der Waals surface area contributed by atoms with Gasteiger partial charge in [0.1, 0.15) is 5.00 Å². The Balaban J connectivity index is 2.05. The lowest BCUT2D eigenvalue weighted by atomic mass is 10.2. The van der Waals surface area contributed by atoms with Crippen molar-refractivity contribution in [3.8, 4) is 0 Å². The van der Waals surface area contributed by atoms with Gasteiger partial charge in [-0.1, -0.05) is 36.4 Å². The van der Waals surface area contributed by atoms with Crippen LogP contribution < -0.4 is 4.31 Å². The number of fused-ring (bicyclic) bond motifs is 1. The summed E-state index contributed by atoms with van der Waals surface area (Å²) in [6, 6.07) is 16.6. The number of rotatable bonds is 6. The van der Waals surface area contributed by atoms with Gasteiger partial charge in [-0.2, -0.15) is 0 Å². The number of nitrogens with zero attached hydrogens (tertiary/aromatic N) is 1. The highest BCUT2D eigenvalue weighted by molar-refractivity contribution is 7.93. The molecule has 144 valence electrons. The van der Waals surface area contributed by atoms with Crippen molar-refractivity contribution in [1.29, 1.82) is 0 Å². The minimum atomic E-state index is -3.68. The van der Waals surface area contributed by atoms with E-state index >= 15 is 0 Å². The van der Waals surface area contributed by atoms with Gasteiger partial charge in [0.15, 0.2) is 0 Å². The Kier molecular flexibility index (Phi) is 5.60. The van der Waals surface area contributed by atoms with Gasteiger partial charge in [0.05, 0.1) is 23.6 Å². The molecule has 0 saturated carbocycles. The molecular formula is C21H25NO3S2. The van der Waals surface area contributed by atoms with Gasteiger partial charge in [-0.3, -0.25) is 4.31 Å². The molecule has 0 spiro atoms. The SMILES string of the molecule is Cc1c(N(CCOC(C)(C)C)S(=O)(=O)c2ccccc2)sc2ccccc12. The lowest BCUT2D eigenvalue weighted by molar-refractivity contribution is 0.00234. The molecule has 0 unspecified atom stereocenters. The summed E-state index contributed by atoms with van der Waals surface area (Å²) in [5.74, 6) is 0. The molecule has 3 rings (SSSR count). The molecule has 1 heterocycles. The van der Waals surface area contributed by atoms with E-state index in [1.807, 2.05) is 58.0 Å². The Bertz CT molecular complexity index is 1020. The van der Waals surface area contributed by atoms with Crippen molar-refractivity contribution < 1.29 is 13.2 Å². The number of sulfonamides is 1. The van der Waals surface area contributed by atoms with E-state index < -0.39 is 10.0 Å². The minimum absolute atomic E-state index is 0.266. The van der Waals surface area contributed by atoms with Gasteiger partial charge in [-0.15, -0.1) is 11.3 Å². The van der Waals surface area contributed by atoms with Crippen molar-refractivity contribution in [2.24, 2.45) is 0 Å². The molecule has 4 nitrogen and oxygen atoms in total. The molecule has 0 radical (unpaired) electrons. The summed E-state index contributed by atoms with van der Waals surface area (Å²) in [5, 5.41) is 1.83. The third-order valence-corrected chi connectivity index (χ3v) is 7.43. The van der Waals surface area contributed by atoms with Gasteiger partial charge in [0.25, 0.3) is 10.0 Å². The number of thiophene rings is 1. The number of anilines is 1. The summed E-state index contributed by atoms with van der Waals surface area (Å²) in [5.41, 5.74) is 0.656. The first kappa shape index (κ1) is 19.9. The number of benzene rings is 2. The molecule has 27 heavy (non-hydrogen) atoms. The van der Waals surface area contributed by atoms with Crippen molar-refractivity contribution in [2.75, 3.05) is 17.5 Å². The quantitative estimate of drug-likeness (QED) is 0.567. The summed E-state index contributed by atoms with van der Waals surface area (Å²) < 4.78 is 35.2. The van der Waals surface area contributed by atoms with Crippen molar-refractivity contribution in [3.63, 3.8) is 0 Å². The molecule has 0 aliphatic heterocycles. The number of hydrogen-bond donors (Lipinski definition) is 0. The Morgan fingerprint density at radius 2 is 1.63 bits per heavy atom. The highest BCUT2D eigenvalue weighted by Gasteiger charge is 2.28. The van der Waals surface area contributed by atoms with E-state index in [0.717, 1.165) is 20.7 Å². The zero-order valence-corrected chi connectivity index (χ0v) is 17.7. The van der Waals surface area contributed by atoms with E-state index in [2.05, 4.69) is 0 Å². The van der Waals surface area contributed by atoms with Crippen LogP contribution in [0.1, 0.15) is 26.3 Å². The van der Waals surface area contributed by atoms with Crippen LogP contribution in [0.15, 0.2) is 59.5 Å². The van der Waals surface area contributed by atoms with Crippen LogP contribution in [0.5, 0.6) is 0 Å². The zero-order valence-electron chi connectivity index (χ0n) is 16.1. The fourth-order valence-electron chi connectivity index (χ4n) is 2.88. The molecule has 0 fully saturated rings. The van der Waals surface area contributed by atoms with Crippen LogP contribution in [0.3, 0.4) is 0 Å². The van der Waals surface area contributed by atoms with Gasteiger partial charge >= 0.3 is 0 Å². The van der Waals surface area contributed by atoms with Gasteiger partial charge in [-0.25, -0.2) is 8.42 Å². The van der Waals surface area contributed by atoms with Crippen LogP contribution in [-0.2, 0) is 14.8 Å². The van der Waals surface area contributed by atoms with Crippen molar-refractivity contribution >= 4 is 36.4 Å². The lowest BCUT2D eigenvalue weighted by Crippen LogP contribution is -2.35. The lowest BCUT2D eigenvalue weighted by Gasteiger charge is -2.26. The molecule has 2 aromatic carbocycles. The molecular weight excluding hydrogens is 378 g/mol. The fraction of sp³-hybridized carbons (Fsp3) is 0.333. The summed E-state index contributed by atoms with van der Waals surface area (Å²) in [6.45, 7) is 8.47. The maximum Gasteiger partial charge on any atom is 0.265 e. The van der Waals surface area contributed by atoms with Gasteiger partial charge in [0, 0.05) is 4.70 Å². The van der Waals surface area contributed by atoms with Crippen molar-refractivity contribution in [3.05, 3.63) is 60.2 Å². The second-order valence-electron chi connectivity index (χ2n) is 7.38. The van der Waals surface area contributed by atoms with E-state index in [0.29, 0.717) is 6.61 Å². The average molecular weight is 404 g/mol. The van der Waals surface area contributed by atoms with E-state index in [1.165, 1.54) is 15.6 Å². The minimum Gasteiger partial charge on any atom is -0.374 e. The van der Waals surface area contributed by atoms with Crippen LogP contribution in [0.2, 0.25) is 0 Å². The standard InChI is InChI=1S/C21H25NO3S2/c1-16-18-12-8-9-13-19(18)26-20(16)22(14-15-25-21(2,3)4)27(23,24)17-10-6-5-7-11-17/h5-13H,14-15H2,1-4H3. The molecule has 0 bridgehead atoms. The second kappa shape index (κ2) is 7.62. The topological polar surface area (TPSA) is 46.6 Å². The normalized spacial score (nSPS) is 12.4. The first-order valence-electron chi connectivity index (χ1n) is 8.90. The van der Waals surface area contributed by atoms with Crippen LogP contribution in [0, 0.1) is 6.92 Å². The van der Waals surface area contributed by atoms with E-state index in [1.54, 1.807) is 24.3 Å². The number of hydrogen-bond acceptors (Lipinski definition) is 4. The van der Waals surface area contributed by atoms with Gasteiger partial charge in [-0.05, 0) is 56.8 Å². The Morgan fingerprint density at radius 1 is 1.00 bits per heavy atom. The summed E-state index contributed by atoms with van der Waals surface area (Å²) in [6.07, 6.45) is 0. The monoisotopic (exact) mass is 403 g/mol. The number of aryl methyl sites for hydroxylation is 1. The Hall–Kier alpha value is -1.89. The molecule has 0 atom stereocenters. The fourth-order valence-corrected chi connectivity index (χ4v) is 5.86. The third kappa shape index (κ3) is 4.34. The predicted molar refractivity (Wildman–Crippen MR) is 113 cm³/mol. The largest absolute Gasteiger partial charge is 0.374 e. The molecule has 1 aromatic heterocycles. The van der Waals surface area contributed by atoms with Crippen LogP contribution in [-0.4, -0.2) is 27.2 Å². The van der Waals surface area contributed by atoms with Crippen LogP contribution in [0.4, 0.5) is 5.00 Å². The molecule has 0 saturated heterocycles. The van der Waals surface area contributed by atoms with E-state index in [4.69, 9.17) is 4.74 Å². The molecule has 0 N–H and O–H groups in total. The molecule has 6 heteroatoms. The van der Waals surface area contributed by atoms with Crippen LogP contribution >= 0.6 is 11.3 Å². The van der Waals surface area contributed by atoms with Gasteiger partial charge < -0.3 is 4.74 Å². The molecule has 0 aliphatic carbocycles. The summed E-state index contributed by atoms with van der Waals surface area (Å²) in [7, 11) is -3.68. The third-order valence-electron chi connectivity index (χ3n) is 4.21. The second-order valence-corrected chi connectivity index (χ2v) is 10.3. The number of ether oxygens (including phenoxy) is 1. The van der Waals surface area contributed by atoms with E-state index in [-0.39, 0.29) is 17.0 Å². The highest BCUT2D eigenvalue weighted by atomic mass is 32.2. The van der Waals surface area contributed by atoms with Crippen LogP contribution in [0.25, 0.3) is 10.1 Å². The highest BCUT2D eigenvalue weighted by Crippen LogP contribution is 2.39. The maximum atomic E-state index is 13.4. The average Bonchev–Trinajstić information content (AvgIpc) is 2.95. The smallest absolute Gasteiger partial charge is 0.265 e. The van der Waals surface area contributed by atoms with E-state index in [9.17, 15) is 8.42 Å². The first-order valence-corrected chi connectivity index (χ1v) is 11.2. The molecule has 0 amide bonds. The van der Waals surface area contributed by atoms with Crippen molar-refractivity contribution in [1.82, 2.24) is 0 Å². The Labute approximate surface area is 165 Å². The molecule has 3 aromatic rings. The first-order chi connectivity index (χ1) is 12.7. The van der Waals surface area contributed by atoms with Crippen molar-refractivity contribution in [2.45, 2.75) is 38.2 Å². The predicted octanol–water partition coefficient (Wildman–Crippen LogP) is 5.22. The zero-order chi connectivity index (χ0) is 19.7. The summed E-state index contributed by atoms with van der Waals surface area (Å²) >= 11 is 1.50. The molecule has 0 aliphatic rings. The van der Waals surface area contributed by atoms with Gasteiger partial charge in [0.2, 0.25) is 0 Å². The Morgan fingerprint density at radius 3 is 2.26 bits per heavy atom.